The third-order valence-corrected chi connectivity index (χ3v) is 4.47. The molecule has 0 spiro atoms. The van der Waals surface area contributed by atoms with E-state index in [9.17, 15) is 23.2 Å². The fourth-order valence-electron chi connectivity index (χ4n) is 2.79. The van der Waals surface area contributed by atoms with E-state index < -0.39 is 42.6 Å². The van der Waals surface area contributed by atoms with Crippen molar-refractivity contribution in [2.75, 3.05) is 13.2 Å². The Morgan fingerprint density at radius 2 is 1.66 bits per heavy atom. The lowest BCUT2D eigenvalue weighted by Gasteiger charge is -2.22. The molecular formula is C21H20F2N2O4. The predicted molar refractivity (Wildman–Crippen MR) is 99.7 cm³/mol. The van der Waals surface area contributed by atoms with E-state index in [0.29, 0.717) is 5.56 Å². The van der Waals surface area contributed by atoms with Gasteiger partial charge in [-0.3, -0.25) is 14.4 Å². The van der Waals surface area contributed by atoms with Crippen molar-refractivity contribution in [1.82, 2.24) is 10.2 Å². The molecule has 0 aromatic heterocycles. The van der Waals surface area contributed by atoms with Crippen LogP contribution in [-0.4, -0.2) is 41.9 Å². The summed E-state index contributed by atoms with van der Waals surface area (Å²) in [7, 11) is 0. The van der Waals surface area contributed by atoms with Gasteiger partial charge in [0.1, 0.15) is 18.2 Å². The van der Waals surface area contributed by atoms with Crippen LogP contribution in [0.4, 0.5) is 8.78 Å². The Hall–Kier alpha value is -3.29. The summed E-state index contributed by atoms with van der Waals surface area (Å²) in [5.41, 5.74) is 0.192. The molecule has 2 amide bonds. The lowest BCUT2D eigenvalue weighted by Crippen LogP contribution is -2.38. The molecule has 2 aromatic carbocycles. The predicted octanol–water partition coefficient (Wildman–Crippen LogP) is 2.43. The Kier molecular flexibility index (Phi) is 6.54. The zero-order valence-electron chi connectivity index (χ0n) is 15.6. The van der Waals surface area contributed by atoms with E-state index in [-0.39, 0.29) is 18.2 Å². The zero-order valence-corrected chi connectivity index (χ0v) is 15.6. The fraction of sp³-hybridized carbons (Fsp3) is 0.286. The molecule has 1 N–H and O–H groups in total. The lowest BCUT2D eigenvalue weighted by atomic mass is 10.2. The number of ether oxygens (including phenoxy) is 1. The Morgan fingerprint density at radius 3 is 2.31 bits per heavy atom. The molecule has 29 heavy (non-hydrogen) atoms. The van der Waals surface area contributed by atoms with Gasteiger partial charge in [-0.2, -0.15) is 0 Å². The molecule has 0 aliphatic heterocycles. The average Bonchev–Trinajstić information content (AvgIpc) is 3.55. The summed E-state index contributed by atoms with van der Waals surface area (Å²) in [6.45, 7) is -0.922. The van der Waals surface area contributed by atoms with Crippen LogP contribution >= 0.6 is 0 Å². The Labute approximate surface area is 166 Å². The van der Waals surface area contributed by atoms with Gasteiger partial charge in [-0.05, 0) is 31.0 Å². The van der Waals surface area contributed by atoms with E-state index in [1.54, 1.807) is 18.2 Å². The van der Waals surface area contributed by atoms with Crippen molar-refractivity contribution in [2.24, 2.45) is 0 Å². The Morgan fingerprint density at radius 1 is 1.00 bits per heavy atom. The van der Waals surface area contributed by atoms with Gasteiger partial charge in [0, 0.05) is 18.2 Å². The molecule has 0 atom stereocenters. The van der Waals surface area contributed by atoms with E-state index in [1.807, 2.05) is 0 Å². The van der Waals surface area contributed by atoms with Crippen molar-refractivity contribution in [3.63, 3.8) is 0 Å². The number of hydrogen-bond donors (Lipinski definition) is 1. The van der Waals surface area contributed by atoms with Crippen LogP contribution in [0, 0.1) is 11.6 Å². The summed E-state index contributed by atoms with van der Waals surface area (Å²) in [6.07, 6.45) is 1.62. The molecule has 1 saturated carbocycles. The van der Waals surface area contributed by atoms with E-state index in [4.69, 9.17) is 4.74 Å². The summed E-state index contributed by atoms with van der Waals surface area (Å²) in [6, 6.07) is 11.5. The second kappa shape index (κ2) is 9.27. The number of esters is 1. The van der Waals surface area contributed by atoms with Crippen molar-refractivity contribution in [3.05, 3.63) is 71.3 Å². The summed E-state index contributed by atoms with van der Waals surface area (Å²) >= 11 is 0. The van der Waals surface area contributed by atoms with Crippen LogP contribution in [0.25, 0.3) is 0 Å². The van der Waals surface area contributed by atoms with Gasteiger partial charge in [0.25, 0.3) is 11.8 Å². The van der Waals surface area contributed by atoms with Crippen molar-refractivity contribution in [2.45, 2.75) is 25.4 Å². The second-order valence-electron chi connectivity index (χ2n) is 6.67. The quantitative estimate of drug-likeness (QED) is 0.689. The third kappa shape index (κ3) is 5.60. The summed E-state index contributed by atoms with van der Waals surface area (Å²) in [5.74, 6) is -3.14. The van der Waals surface area contributed by atoms with Crippen molar-refractivity contribution in [3.8, 4) is 0 Å². The van der Waals surface area contributed by atoms with E-state index in [1.165, 1.54) is 29.2 Å². The number of rotatable bonds is 8. The van der Waals surface area contributed by atoms with Gasteiger partial charge >= 0.3 is 5.97 Å². The number of carbonyl (C=O) groups is 3. The number of nitrogens with one attached hydrogen (secondary N) is 1. The molecule has 0 unspecified atom stereocenters. The van der Waals surface area contributed by atoms with E-state index in [0.717, 1.165) is 18.9 Å². The maximum absolute atomic E-state index is 13.9. The molecule has 0 radical (unpaired) electrons. The van der Waals surface area contributed by atoms with E-state index >= 15 is 0 Å². The topological polar surface area (TPSA) is 75.7 Å². The Balaban J connectivity index is 1.48. The van der Waals surface area contributed by atoms with E-state index in [2.05, 4.69) is 5.32 Å². The Bertz CT molecular complexity index is 915. The highest BCUT2D eigenvalue weighted by molar-refractivity contribution is 5.96. The second-order valence-corrected chi connectivity index (χ2v) is 6.67. The highest BCUT2D eigenvalue weighted by atomic mass is 19.1. The fourth-order valence-corrected chi connectivity index (χ4v) is 2.79. The molecule has 1 aliphatic rings. The largest absolute Gasteiger partial charge is 0.454 e. The molecule has 0 bridgehead atoms. The highest BCUT2D eigenvalue weighted by Gasteiger charge is 2.33. The van der Waals surface area contributed by atoms with Gasteiger partial charge in [0.05, 0.1) is 5.56 Å². The molecule has 8 heteroatoms. The first-order valence-electron chi connectivity index (χ1n) is 9.17. The highest BCUT2D eigenvalue weighted by Crippen LogP contribution is 2.29. The molecule has 1 fully saturated rings. The molecule has 6 nitrogen and oxygen atoms in total. The summed E-state index contributed by atoms with van der Waals surface area (Å²) in [4.78, 5) is 37.6. The van der Waals surface area contributed by atoms with Crippen LogP contribution in [0.1, 0.15) is 28.8 Å². The average molecular weight is 402 g/mol. The van der Waals surface area contributed by atoms with Gasteiger partial charge in [0.15, 0.2) is 6.61 Å². The van der Waals surface area contributed by atoms with Crippen molar-refractivity contribution in [1.29, 1.82) is 0 Å². The van der Waals surface area contributed by atoms with Gasteiger partial charge < -0.3 is 15.0 Å². The number of carbonyl (C=O) groups excluding carboxylic acids is 3. The molecule has 0 heterocycles. The first kappa shape index (κ1) is 20.4. The van der Waals surface area contributed by atoms with Crippen LogP contribution in [-0.2, 0) is 20.9 Å². The van der Waals surface area contributed by atoms with Crippen LogP contribution in [0.5, 0.6) is 0 Å². The van der Waals surface area contributed by atoms with Crippen LogP contribution in [0.2, 0.25) is 0 Å². The maximum Gasteiger partial charge on any atom is 0.325 e. The first-order chi connectivity index (χ1) is 14.0. The molecule has 2 aromatic rings. The summed E-state index contributed by atoms with van der Waals surface area (Å²) in [5, 5.41) is 2.25. The summed E-state index contributed by atoms with van der Waals surface area (Å²) < 4.78 is 32.3. The third-order valence-electron chi connectivity index (χ3n) is 4.47. The lowest BCUT2D eigenvalue weighted by molar-refractivity contribution is -0.151. The molecule has 0 saturated heterocycles. The smallest absolute Gasteiger partial charge is 0.325 e. The van der Waals surface area contributed by atoms with Crippen LogP contribution < -0.4 is 5.32 Å². The van der Waals surface area contributed by atoms with Crippen molar-refractivity contribution >= 4 is 17.8 Å². The number of nitrogens with zero attached hydrogens (tertiary/aromatic N) is 1. The van der Waals surface area contributed by atoms with Gasteiger partial charge in [-0.1, -0.05) is 30.3 Å². The number of benzene rings is 2. The minimum atomic E-state index is -0.829. The van der Waals surface area contributed by atoms with Gasteiger partial charge in [-0.25, -0.2) is 8.78 Å². The van der Waals surface area contributed by atoms with Crippen LogP contribution in [0.3, 0.4) is 0 Å². The monoisotopic (exact) mass is 402 g/mol. The standard InChI is InChI=1S/C21H20F2N2O4/c22-17-7-3-1-5-14(17)12-25(15-9-10-15)19(26)13-29-20(27)11-24-21(28)16-6-2-4-8-18(16)23/h1-8,15H,9-13H2,(H,24,28). The van der Waals surface area contributed by atoms with Crippen LogP contribution in [0.15, 0.2) is 48.5 Å². The number of amides is 2. The minimum Gasteiger partial charge on any atom is -0.454 e. The SMILES string of the molecule is O=C(CNC(=O)c1ccccc1F)OCC(=O)N(Cc1ccccc1F)C1CC1. The maximum atomic E-state index is 13.9. The minimum absolute atomic E-state index is 0.00145. The molecule has 3 rings (SSSR count). The molecule has 152 valence electrons. The zero-order chi connectivity index (χ0) is 20.8. The van der Waals surface area contributed by atoms with Crippen molar-refractivity contribution < 1.29 is 27.9 Å². The molecule has 1 aliphatic carbocycles. The number of halogens is 2. The normalized spacial score (nSPS) is 12.9. The molecular weight excluding hydrogens is 382 g/mol. The number of hydrogen-bond acceptors (Lipinski definition) is 4. The first-order valence-corrected chi connectivity index (χ1v) is 9.17. The van der Waals surface area contributed by atoms with Gasteiger partial charge in [-0.15, -0.1) is 0 Å². The van der Waals surface area contributed by atoms with Gasteiger partial charge in [0.2, 0.25) is 0 Å².